The van der Waals surface area contributed by atoms with Crippen LogP contribution in [0.25, 0.3) is 0 Å². The molecule has 4 heteroatoms. The van der Waals surface area contributed by atoms with Gasteiger partial charge in [-0.2, -0.15) is 0 Å². The first-order valence-corrected chi connectivity index (χ1v) is 6.70. The van der Waals surface area contributed by atoms with E-state index in [1.165, 1.54) is 0 Å². The van der Waals surface area contributed by atoms with Gasteiger partial charge in [-0.1, -0.05) is 13.8 Å². The lowest BCUT2D eigenvalue weighted by Gasteiger charge is -2.48. The fourth-order valence-corrected chi connectivity index (χ4v) is 2.85. The molecule has 1 unspecified atom stereocenters. The standard InChI is InChI=1S/C13H24N2O2/c1-9(2)10-6-13(7-10,12(14)16)15-8-11-4-3-5-17-11/h9-11,15H,3-8H2,1-2H3,(H2,14,16). The summed E-state index contributed by atoms with van der Waals surface area (Å²) in [6.07, 6.45) is 4.25. The number of carbonyl (C=O) groups excluding carboxylic acids is 1. The molecule has 0 aromatic rings. The van der Waals surface area contributed by atoms with Crippen LogP contribution in [0.4, 0.5) is 0 Å². The van der Waals surface area contributed by atoms with E-state index in [2.05, 4.69) is 19.2 Å². The van der Waals surface area contributed by atoms with Crippen molar-refractivity contribution in [1.29, 1.82) is 0 Å². The predicted molar refractivity (Wildman–Crippen MR) is 66.5 cm³/mol. The molecule has 4 nitrogen and oxygen atoms in total. The van der Waals surface area contributed by atoms with Crippen molar-refractivity contribution in [2.75, 3.05) is 13.2 Å². The lowest BCUT2D eigenvalue weighted by atomic mass is 9.63. The highest BCUT2D eigenvalue weighted by atomic mass is 16.5. The Morgan fingerprint density at radius 3 is 2.71 bits per heavy atom. The molecule has 2 rings (SSSR count). The second-order valence-corrected chi connectivity index (χ2v) is 5.87. The van der Waals surface area contributed by atoms with Crippen LogP contribution in [0, 0.1) is 11.8 Å². The Labute approximate surface area is 103 Å². The highest BCUT2D eigenvalue weighted by Crippen LogP contribution is 2.42. The Bertz CT molecular complexity index is 279. The Balaban J connectivity index is 1.84. The summed E-state index contributed by atoms with van der Waals surface area (Å²) < 4.78 is 5.56. The number of amides is 1. The van der Waals surface area contributed by atoms with E-state index < -0.39 is 5.54 Å². The normalized spacial score (nSPS) is 37.1. The first kappa shape index (κ1) is 12.8. The third-order valence-electron chi connectivity index (χ3n) is 4.33. The summed E-state index contributed by atoms with van der Waals surface area (Å²) in [6.45, 7) is 6.02. The SMILES string of the molecule is CC(C)C1CC(NCC2CCCO2)(C(N)=O)C1. The average molecular weight is 240 g/mol. The van der Waals surface area contributed by atoms with Gasteiger partial charge in [-0.3, -0.25) is 4.79 Å². The number of carbonyl (C=O) groups is 1. The van der Waals surface area contributed by atoms with Crippen molar-refractivity contribution in [3.8, 4) is 0 Å². The predicted octanol–water partition coefficient (Wildman–Crippen LogP) is 1.05. The van der Waals surface area contributed by atoms with E-state index in [0.717, 1.165) is 38.8 Å². The van der Waals surface area contributed by atoms with Crippen molar-refractivity contribution in [2.45, 2.75) is 51.2 Å². The number of nitrogens with one attached hydrogen (secondary N) is 1. The minimum atomic E-state index is -0.457. The molecule has 2 fully saturated rings. The minimum absolute atomic E-state index is 0.201. The van der Waals surface area contributed by atoms with Crippen LogP contribution in [0.5, 0.6) is 0 Å². The molecule has 1 saturated carbocycles. The Morgan fingerprint density at radius 1 is 1.53 bits per heavy atom. The Kier molecular flexibility index (Phi) is 3.73. The molecule has 0 aromatic heterocycles. The molecule has 1 heterocycles. The van der Waals surface area contributed by atoms with Crippen LogP contribution in [0.15, 0.2) is 0 Å². The van der Waals surface area contributed by atoms with Crippen molar-refractivity contribution in [3.63, 3.8) is 0 Å². The third-order valence-corrected chi connectivity index (χ3v) is 4.33. The molecule has 3 N–H and O–H groups in total. The lowest BCUT2D eigenvalue weighted by molar-refractivity contribution is -0.131. The van der Waals surface area contributed by atoms with Crippen molar-refractivity contribution < 1.29 is 9.53 Å². The summed E-state index contributed by atoms with van der Waals surface area (Å²) in [5, 5.41) is 3.36. The van der Waals surface area contributed by atoms with E-state index in [9.17, 15) is 4.79 Å². The van der Waals surface area contributed by atoms with Gasteiger partial charge >= 0.3 is 0 Å². The maximum Gasteiger partial charge on any atom is 0.237 e. The average Bonchev–Trinajstić information content (AvgIpc) is 2.67. The van der Waals surface area contributed by atoms with E-state index in [0.29, 0.717) is 11.8 Å². The fraction of sp³-hybridized carbons (Fsp3) is 0.923. The summed E-state index contributed by atoms with van der Waals surface area (Å²) in [6, 6.07) is 0. The van der Waals surface area contributed by atoms with Crippen LogP contribution in [0.1, 0.15) is 39.5 Å². The van der Waals surface area contributed by atoms with Gasteiger partial charge in [0.15, 0.2) is 0 Å². The topological polar surface area (TPSA) is 64.3 Å². The fourth-order valence-electron chi connectivity index (χ4n) is 2.85. The monoisotopic (exact) mass is 240 g/mol. The quantitative estimate of drug-likeness (QED) is 0.755. The van der Waals surface area contributed by atoms with Gasteiger partial charge in [-0.05, 0) is 37.5 Å². The first-order valence-electron chi connectivity index (χ1n) is 6.70. The number of rotatable bonds is 5. The summed E-state index contributed by atoms with van der Waals surface area (Å²) in [5.41, 5.74) is 5.08. The Morgan fingerprint density at radius 2 is 2.24 bits per heavy atom. The van der Waals surface area contributed by atoms with Gasteiger partial charge in [0.05, 0.1) is 11.6 Å². The summed E-state index contributed by atoms with van der Waals surface area (Å²) in [5.74, 6) is 1.05. The van der Waals surface area contributed by atoms with Crippen LogP contribution in [0.2, 0.25) is 0 Å². The molecule has 0 bridgehead atoms. The smallest absolute Gasteiger partial charge is 0.237 e. The number of ether oxygens (including phenoxy) is 1. The van der Waals surface area contributed by atoms with Crippen LogP contribution in [-0.2, 0) is 9.53 Å². The maximum atomic E-state index is 11.6. The van der Waals surface area contributed by atoms with Gasteiger partial charge in [0.2, 0.25) is 5.91 Å². The largest absolute Gasteiger partial charge is 0.377 e. The van der Waals surface area contributed by atoms with Crippen LogP contribution in [0.3, 0.4) is 0 Å². The maximum absolute atomic E-state index is 11.6. The summed E-state index contributed by atoms with van der Waals surface area (Å²) >= 11 is 0. The van der Waals surface area contributed by atoms with Crippen LogP contribution in [-0.4, -0.2) is 30.7 Å². The van der Waals surface area contributed by atoms with Crippen LogP contribution >= 0.6 is 0 Å². The Hall–Kier alpha value is -0.610. The van der Waals surface area contributed by atoms with Crippen LogP contribution < -0.4 is 11.1 Å². The highest BCUT2D eigenvalue weighted by molar-refractivity contribution is 5.85. The zero-order valence-electron chi connectivity index (χ0n) is 10.9. The van der Waals surface area contributed by atoms with Gasteiger partial charge in [-0.25, -0.2) is 0 Å². The van der Waals surface area contributed by atoms with E-state index in [1.807, 2.05) is 0 Å². The molecular weight excluding hydrogens is 216 g/mol. The summed E-state index contributed by atoms with van der Waals surface area (Å²) in [7, 11) is 0. The first-order chi connectivity index (χ1) is 8.03. The molecule has 1 aliphatic heterocycles. The molecule has 1 aliphatic carbocycles. The number of nitrogens with two attached hydrogens (primary N) is 1. The minimum Gasteiger partial charge on any atom is -0.377 e. The molecular formula is C13H24N2O2. The van der Waals surface area contributed by atoms with E-state index in [4.69, 9.17) is 10.5 Å². The lowest BCUT2D eigenvalue weighted by Crippen LogP contribution is -2.65. The van der Waals surface area contributed by atoms with Crippen molar-refractivity contribution in [2.24, 2.45) is 17.6 Å². The number of hydrogen-bond acceptors (Lipinski definition) is 3. The molecule has 1 saturated heterocycles. The van der Waals surface area contributed by atoms with E-state index in [-0.39, 0.29) is 12.0 Å². The van der Waals surface area contributed by atoms with Crippen molar-refractivity contribution in [1.82, 2.24) is 5.32 Å². The number of primary amides is 1. The molecule has 2 aliphatic rings. The molecule has 1 amide bonds. The number of hydrogen-bond donors (Lipinski definition) is 2. The second-order valence-electron chi connectivity index (χ2n) is 5.87. The zero-order valence-corrected chi connectivity index (χ0v) is 10.9. The highest BCUT2D eigenvalue weighted by Gasteiger charge is 2.49. The molecule has 17 heavy (non-hydrogen) atoms. The zero-order chi connectivity index (χ0) is 12.5. The molecule has 0 spiro atoms. The van der Waals surface area contributed by atoms with Gasteiger partial charge in [0, 0.05) is 13.2 Å². The summed E-state index contributed by atoms with van der Waals surface area (Å²) in [4.78, 5) is 11.6. The van der Waals surface area contributed by atoms with Gasteiger partial charge in [0.25, 0.3) is 0 Å². The molecule has 1 atom stereocenters. The third kappa shape index (κ3) is 2.63. The second kappa shape index (κ2) is 4.94. The van der Waals surface area contributed by atoms with E-state index in [1.54, 1.807) is 0 Å². The van der Waals surface area contributed by atoms with E-state index >= 15 is 0 Å². The van der Waals surface area contributed by atoms with Gasteiger partial charge < -0.3 is 15.8 Å². The van der Waals surface area contributed by atoms with Crippen molar-refractivity contribution in [3.05, 3.63) is 0 Å². The molecule has 98 valence electrons. The van der Waals surface area contributed by atoms with Crippen molar-refractivity contribution >= 4 is 5.91 Å². The molecule has 0 radical (unpaired) electrons. The van der Waals surface area contributed by atoms with Gasteiger partial charge in [-0.15, -0.1) is 0 Å². The van der Waals surface area contributed by atoms with Gasteiger partial charge in [0.1, 0.15) is 0 Å². The molecule has 0 aromatic carbocycles.